The van der Waals surface area contributed by atoms with Crippen molar-refractivity contribution in [1.29, 1.82) is 0 Å². The molecule has 0 aliphatic heterocycles. The summed E-state index contributed by atoms with van der Waals surface area (Å²) in [5, 5.41) is 14.4. The number of nitrogens with one attached hydrogen (secondary N) is 1. The van der Waals surface area contributed by atoms with Gasteiger partial charge in [-0.25, -0.2) is 24.2 Å². The molecule has 0 bridgehead atoms. The molecule has 2 aromatic carbocycles. The Bertz CT molecular complexity index is 1960. The van der Waals surface area contributed by atoms with E-state index in [1.807, 2.05) is 12.1 Å². The number of rotatable bonds is 5. The fourth-order valence-electron chi connectivity index (χ4n) is 3.92. The van der Waals surface area contributed by atoms with Gasteiger partial charge >= 0.3 is 11.9 Å². The Balaban J connectivity index is 0.000000204. The van der Waals surface area contributed by atoms with Gasteiger partial charge in [-0.3, -0.25) is 5.10 Å². The van der Waals surface area contributed by atoms with Crippen molar-refractivity contribution in [3.63, 3.8) is 0 Å². The van der Waals surface area contributed by atoms with Crippen LogP contribution < -0.4 is 0 Å². The highest BCUT2D eigenvalue weighted by Gasteiger charge is 2.19. The quantitative estimate of drug-likeness (QED) is 0.138. The molecule has 15 heteroatoms. The second-order valence-corrected chi connectivity index (χ2v) is 10.9. The van der Waals surface area contributed by atoms with E-state index in [0.717, 1.165) is 11.1 Å². The molecule has 0 saturated heterocycles. The van der Waals surface area contributed by atoms with Gasteiger partial charge in [0.25, 0.3) is 0 Å². The van der Waals surface area contributed by atoms with Crippen molar-refractivity contribution in [2.75, 3.05) is 14.2 Å². The summed E-state index contributed by atoms with van der Waals surface area (Å²) in [4.78, 5) is 31.3. The van der Waals surface area contributed by atoms with Crippen molar-refractivity contribution in [1.82, 2.24) is 29.9 Å². The number of hydrogen-bond donors (Lipinski definition) is 1. The summed E-state index contributed by atoms with van der Waals surface area (Å²) in [5.74, 6) is -0.509. The average molecular weight is 725 g/mol. The number of aromatic nitrogens is 6. The zero-order chi connectivity index (χ0) is 32.5. The first-order valence-corrected chi connectivity index (χ1v) is 14.9. The van der Waals surface area contributed by atoms with Crippen LogP contribution in [0.1, 0.15) is 39.5 Å². The Morgan fingerprint density at radius 2 is 1.39 bits per heavy atom. The van der Waals surface area contributed by atoms with Crippen LogP contribution >= 0.6 is 58.0 Å². The predicted molar refractivity (Wildman–Crippen MR) is 182 cm³/mol. The zero-order valence-corrected chi connectivity index (χ0v) is 27.4. The second-order valence-electron chi connectivity index (χ2n) is 8.94. The van der Waals surface area contributed by atoms with Crippen molar-refractivity contribution < 1.29 is 19.1 Å². The van der Waals surface area contributed by atoms with Crippen molar-refractivity contribution in [2.45, 2.75) is 19.9 Å². The van der Waals surface area contributed by atoms with Crippen molar-refractivity contribution in [3.05, 3.63) is 116 Å². The molecular weight excluding hydrogens is 698 g/mol. The van der Waals surface area contributed by atoms with Crippen molar-refractivity contribution in [2.24, 2.45) is 0 Å². The lowest BCUT2D eigenvalue weighted by molar-refractivity contribution is 0.0587. The largest absolute Gasteiger partial charge is 0.464 e. The first-order chi connectivity index (χ1) is 21.7. The molecule has 0 aliphatic carbocycles. The van der Waals surface area contributed by atoms with E-state index in [0.29, 0.717) is 60.3 Å². The van der Waals surface area contributed by atoms with Crippen LogP contribution in [0, 0.1) is 0 Å². The molecule has 0 radical (unpaired) electrons. The highest BCUT2D eigenvalue weighted by molar-refractivity contribution is 6.36. The third kappa shape index (κ3) is 8.86. The van der Waals surface area contributed by atoms with E-state index in [4.69, 9.17) is 62.7 Å². The van der Waals surface area contributed by atoms with Crippen LogP contribution in [0.3, 0.4) is 0 Å². The number of ether oxygens (including phenoxy) is 2. The molecular formula is C31H27Cl5N6O4. The van der Waals surface area contributed by atoms with Gasteiger partial charge in [0.15, 0.2) is 22.7 Å². The van der Waals surface area contributed by atoms with Crippen LogP contribution in [-0.4, -0.2) is 56.1 Å². The molecule has 6 aromatic rings. The summed E-state index contributed by atoms with van der Waals surface area (Å²) in [5.41, 5.74) is 3.42. The van der Waals surface area contributed by atoms with Crippen LogP contribution in [-0.2, 0) is 21.9 Å². The number of methoxy groups -OCH3 is 2. The topological polar surface area (TPSA) is 125 Å². The summed E-state index contributed by atoms with van der Waals surface area (Å²) in [6.45, 7) is 0.376. The summed E-state index contributed by atoms with van der Waals surface area (Å²) >= 11 is 29.1. The van der Waals surface area contributed by atoms with Gasteiger partial charge in [-0.1, -0.05) is 66.0 Å². The third-order valence-electron chi connectivity index (χ3n) is 6.10. The van der Waals surface area contributed by atoms with Crippen molar-refractivity contribution in [3.8, 4) is 0 Å². The second kappa shape index (κ2) is 17.1. The Kier molecular flexibility index (Phi) is 13.6. The Morgan fingerprint density at radius 1 is 0.804 bits per heavy atom. The molecule has 46 heavy (non-hydrogen) atoms. The van der Waals surface area contributed by atoms with Gasteiger partial charge in [0.1, 0.15) is 0 Å². The minimum atomic E-state index is -0.501. The number of hydrogen-bond acceptors (Lipinski definition) is 8. The Labute approximate surface area is 289 Å². The van der Waals surface area contributed by atoms with E-state index in [1.54, 1.807) is 65.6 Å². The maximum atomic E-state index is 11.8. The molecule has 0 amide bonds. The molecule has 1 N–H and O–H groups in total. The number of carbonyl (C=O) groups excluding carboxylic acids is 2. The molecule has 6 rings (SSSR count). The van der Waals surface area contributed by atoms with Crippen molar-refractivity contribution >= 4 is 92.0 Å². The smallest absolute Gasteiger partial charge is 0.359 e. The number of carbonyl (C=O) groups is 2. The number of benzene rings is 2. The van der Waals surface area contributed by atoms with Gasteiger partial charge in [-0.05, 0) is 59.7 Å². The number of halogens is 5. The molecule has 240 valence electrons. The molecule has 0 aliphatic rings. The van der Waals surface area contributed by atoms with Gasteiger partial charge in [0.05, 0.1) is 31.5 Å². The lowest BCUT2D eigenvalue weighted by Gasteiger charge is -2.05. The normalized spacial score (nSPS) is 10.2. The fourth-order valence-corrected chi connectivity index (χ4v) is 5.16. The van der Waals surface area contributed by atoms with E-state index in [9.17, 15) is 9.59 Å². The molecule has 0 saturated carbocycles. The number of H-pyrrole nitrogens is 1. The number of pyridine rings is 2. The minimum absolute atomic E-state index is 0. The highest BCUT2D eigenvalue weighted by atomic mass is 35.5. The number of nitrogens with zero attached hydrogens (tertiary/aromatic N) is 5. The van der Waals surface area contributed by atoms with E-state index < -0.39 is 11.9 Å². The molecule has 0 spiro atoms. The maximum Gasteiger partial charge on any atom is 0.359 e. The third-order valence-corrected chi connectivity index (χ3v) is 7.56. The lowest BCUT2D eigenvalue weighted by Crippen LogP contribution is -2.06. The molecule has 0 fully saturated rings. The highest BCUT2D eigenvalue weighted by Crippen LogP contribution is 2.24. The van der Waals surface area contributed by atoms with Gasteiger partial charge < -0.3 is 9.47 Å². The molecule has 4 aromatic heterocycles. The first kappa shape index (κ1) is 36.5. The average Bonchev–Trinajstić information content (AvgIpc) is 3.64. The van der Waals surface area contributed by atoms with Crippen LogP contribution in [0.4, 0.5) is 0 Å². The van der Waals surface area contributed by atoms with Gasteiger partial charge in [-0.2, -0.15) is 10.2 Å². The fraction of sp³-hybridized carbons (Fsp3) is 0.161. The number of aromatic amines is 1. The molecule has 10 nitrogen and oxygen atoms in total. The maximum absolute atomic E-state index is 11.8. The standard InChI is InChI=1S/C15H11Cl2N3O2.C8H7N3O2.C7H5Cl3.CH4/c1-22-15(21)13-11-3-2-6-18-14(11)20(19-13)8-9-4-5-10(16)7-12(9)17;1-13-8(12)6-5-3-2-4-9-7(5)11-10-6;8-4-5-1-2-6(9)3-7(5)10;/h2-7H,8H2,1H3;2-4H,1H3,(H,9,10,11);1-3H,4H2;1H4. The van der Waals surface area contributed by atoms with Crippen LogP contribution in [0.15, 0.2) is 73.1 Å². The Morgan fingerprint density at radius 3 is 1.98 bits per heavy atom. The van der Waals surface area contributed by atoms with Gasteiger partial charge in [0.2, 0.25) is 0 Å². The summed E-state index contributed by atoms with van der Waals surface area (Å²) < 4.78 is 10.9. The summed E-state index contributed by atoms with van der Waals surface area (Å²) in [7, 11) is 2.64. The minimum Gasteiger partial charge on any atom is -0.464 e. The van der Waals surface area contributed by atoms with Gasteiger partial charge in [0, 0.05) is 38.4 Å². The van der Waals surface area contributed by atoms with Crippen LogP contribution in [0.5, 0.6) is 0 Å². The molecule has 4 heterocycles. The first-order valence-electron chi connectivity index (χ1n) is 12.9. The van der Waals surface area contributed by atoms with Gasteiger partial charge in [-0.15, -0.1) is 11.6 Å². The van der Waals surface area contributed by atoms with E-state index in [-0.39, 0.29) is 13.1 Å². The monoisotopic (exact) mass is 722 g/mol. The molecule has 0 atom stereocenters. The number of fused-ring (bicyclic) bond motifs is 2. The number of esters is 2. The predicted octanol–water partition coefficient (Wildman–Crippen LogP) is 8.69. The van der Waals surface area contributed by atoms with E-state index in [2.05, 4.69) is 30.0 Å². The SMILES string of the molecule is C.COC(=O)c1[nH]nc2ncccc12.COC(=O)c1nn(Cc2ccc(Cl)cc2Cl)c2ncccc12.ClCc1ccc(Cl)cc1Cl. The van der Waals surface area contributed by atoms with Crippen LogP contribution in [0.2, 0.25) is 20.1 Å². The van der Waals surface area contributed by atoms with E-state index in [1.165, 1.54) is 14.2 Å². The summed E-state index contributed by atoms with van der Waals surface area (Å²) in [6, 6.07) is 17.5. The number of alkyl halides is 1. The van der Waals surface area contributed by atoms with E-state index >= 15 is 0 Å². The lowest BCUT2D eigenvalue weighted by atomic mass is 10.2. The van der Waals surface area contributed by atoms with Crippen LogP contribution in [0.25, 0.3) is 22.1 Å². The zero-order valence-electron chi connectivity index (χ0n) is 23.6. The molecule has 0 unspecified atom stereocenters. The Hall–Kier alpha value is -3.93. The summed E-state index contributed by atoms with van der Waals surface area (Å²) in [6.07, 6.45) is 3.26.